The zero-order chi connectivity index (χ0) is 10.8. The van der Waals surface area contributed by atoms with Crippen molar-refractivity contribution in [2.24, 2.45) is 5.92 Å². The highest BCUT2D eigenvalue weighted by Crippen LogP contribution is 2.29. The molecule has 1 aromatic rings. The molecule has 1 N–H and O–H groups in total. The lowest BCUT2D eigenvalue weighted by Crippen LogP contribution is -2.30. The summed E-state index contributed by atoms with van der Waals surface area (Å²) in [5.41, 5.74) is 1.20. The van der Waals surface area contributed by atoms with E-state index in [1.165, 1.54) is 5.69 Å². The number of hydrogen-bond acceptors (Lipinski definition) is 2. The predicted molar refractivity (Wildman–Crippen MR) is 63.5 cm³/mol. The Bertz CT molecular complexity index is 325. The van der Waals surface area contributed by atoms with Gasteiger partial charge in [0.1, 0.15) is 0 Å². The zero-order valence-electron chi connectivity index (χ0n) is 8.86. The molecule has 0 amide bonds. The maximum atomic E-state index is 9.20. The monoisotopic (exact) mass is 225 g/mol. The molecular weight excluding hydrogens is 210 g/mol. The van der Waals surface area contributed by atoms with Gasteiger partial charge in [-0.15, -0.1) is 0 Å². The minimum absolute atomic E-state index is 0.283. The quantitative estimate of drug-likeness (QED) is 0.836. The van der Waals surface area contributed by atoms with Crippen LogP contribution in [0.5, 0.6) is 0 Å². The first-order valence-electron chi connectivity index (χ1n) is 5.35. The number of aliphatic hydroxyl groups is 1. The fourth-order valence-electron chi connectivity index (χ4n) is 2.24. The van der Waals surface area contributed by atoms with Crippen LogP contribution in [-0.4, -0.2) is 24.3 Å². The Balaban J connectivity index is 2.15. The first-order valence-corrected chi connectivity index (χ1v) is 5.73. The molecule has 2 rings (SSSR count). The molecule has 0 saturated carbocycles. The van der Waals surface area contributed by atoms with E-state index >= 15 is 0 Å². The Labute approximate surface area is 95.5 Å². The Kier molecular flexibility index (Phi) is 3.17. The van der Waals surface area contributed by atoms with Crippen molar-refractivity contribution in [1.29, 1.82) is 0 Å². The van der Waals surface area contributed by atoms with E-state index in [0.717, 1.165) is 18.0 Å². The van der Waals surface area contributed by atoms with E-state index in [2.05, 4.69) is 11.8 Å². The van der Waals surface area contributed by atoms with Crippen molar-refractivity contribution >= 4 is 17.3 Å². The van der Waals surface area contributed by atoms with Crippen LogP contribution in [0.3, 0.4) is 0 Å². The molecule has 1 heterocycles. The molecule has 1 aromatic carbocycles. The van der Waals surface area contributed by atoms with Crippen LogP contribution in [0.15, 0.2) is 24.3 Å². The van der Waals surface area contributed by atoms with Gasteiger partial charge in [0, 0.05) is 35.8 Å². The largest absolute Gasteiger partial charge is 0.396 e. The summed E-state index contributed by atoms with van der Waals surface area (Å²) in [6.45, 7) is 3.47. The molecule has 0 bridgehead atoms. The molecule has 15 heavy (non-hydrogen) atoms. The molecule has 1 aliphatic rings. The Hall–Kier alpha value is -0.730. The van der Waals surface area contributed by atoms with Gasteiger partial charge in [-0.25, -0.2) is 0 Å². The second kappa shape index (κ2) is 4.42. The van der Waals surface area contributed by atoms with Gasteiger partial charge in [0.25, 0.3) is 0 Å². The summed E-state index contributed by atoms with van der Waals surface area (Å²) in [5, 5.41) is 9.97. The smallest absolute Gasteiger partial charge is 0.0479 e. The lowest BCUT2D eigenvalue weighted by Gasteiger charge is -2.26. The maximum Gasteiger partial charge on any atom is 0.0479 e. The van der Waals surface area contributed by atoms with Crippen molar-refractivity contribution in [2.75, 3.05) is 18.1 Å². The van der Waals surface area contributed by atoms with E-state index in [-0.39, 0.29) is 6.61 Å². The molecule has 3 heteroatoms. The third-order valence-corrected chi connectivity index (χ3v) is 3.56. The molecule has 0 spiro atoms. The van der Waals surface area contributed by atoms with E-state index in [4.69, 9.17) is 11.6 Å². The molecule has 1 aliphatic heterocycles. The van der Waals surface area contributed by atoms with E-state index in [1.54, 1.807) is 0 Å². The van der Waals surface area contributed by atoms with Crippen LogP contribution in [0.2, 0.25) is 5.02 Å². The predicted octanol–water partition coefficient (Wildman–Crippen LogP) is 2.55. The van der Waals surface area contributed by atoms with Gasteiger partial charge in [-0.3, -0.25) is 0 Å². The van der Waals surface area contributed by atoms with E-state index in [0.29, 0.717) is 12.0 Å². The second-order valence-electron chi connectivity index (χ2n) is 4.14. The van der Waals surface area contributed by atoms with Crippen molar-refractivity contribution in [3.8, 4) is 0 Å². The number of nitrogens with zero attached hydrogens (tertiary/aromatic N) is 1. The van der Waals surface area contributed by atoms with Gasteiger partial charge in [-0.2, -0.15) is 0 Å². The highest BCUT2D eigenvalue weighted by molar-refractivity contribution is 6.30. The SMILES string of the molecule is CC1C(CO)CCN1c1ccc(Cl)cc1. The van der Waals surface area contributed by atoms with Crippen molar-refractivity contribution in [2.45, 2.75) is 19.4 Å². The minimum Gasteiger partial charge on any atom is -0.396 e. The molecule has 1 fully saturated rings. The van der Waals surface area contributed by atoms with Crippen LogP contribution in [0.1, 0.15) is 13.3 Å². The maximum absolute atomic E-state index is 9.20. The van der Waals surface area contributed by atoms with E-state index in [1.807, 2.05) is 24.3 Å². The number of anilines is 1. The Morgan fingerprint density at radius 2 is 2.07 bits per heavy atom. The third-order valence-electron chi connectivity index (χ3n) is 3.31. The minimum atomic E-state index is 0.283. The lowest BCUT2D eigenvalue weighted by molar-refractivity contribution is 0.221. The average Bonchev–Trinajstić information content (AvgIpc) is 2.61. The summed E-state index contributed by atoms with van der Waals surface area (Å²) in [6, 6.07) is 8.32. The number of aliphatic hydroxyl groups excluding tert-OH is 1. The molecule has 82 valence electrons. The summed E-state index contributed by atoms with van der Waals surface area (Å²) < 4.78 is 0. The molecule has 0 radical (unpaired) electrons. The standard InChI is InChI=1S/C12H16ClNO/c1-9-10(8-15)6-7-14(9)12-4-2-11(13)3-5-12/h2-5,9-10,15H,6-8H2,1H3. The summed E-state index contributed by atoms with van der Waals surface area (Å²) in [6.07, 6.45) is 1.07. The lowest BCUT2D eigenvalue weighted by atomic mass is 10.0. The normalized spacial score (nSPS) is 25.9. The van der Waals surface area contributed by atoms with Crippen molar-refractivity contribution in [3.05, 3.63) is 29.3 Å². The third kappa shape index (κ3) is 2.11. The second-order valence-corrected chi connectivity index (χ2v) is 4.58. The molecule has 0 aromatic heterocycles. The molecule has 2 atom stereocenters. The van der Waals surface area contributed by atoms with Gasteiger partial charge < -0.3 is 10.0 Å². The highest BCUT2D eigenvalue weighted by Gasteiger charge is 2.29. The first kappa shape index (κ1) is 10.8. The number of rotatable bonds is 2. The van der Waals surface area contributed by atoms with Gasteiger partial charge in [-0.05, 0) is 37.6 Å². The molecule has 2 nitrogen and oxygen atoms in total. The molecule has 2 unspecified atom stereocenters. The zero-order valence-corrected chi connectivity index (χ0v) is 9.61. The Morgan fingerprint density at radius 3 is 2.60 bits per heavy atom. The van der Waals surface area contributed by atoms with Crippen LogP contribution in [0, 0.1) is 5.92 Å². The molecular formula is C12H16ClNO. The summed E-state index contributed by atoms with van der Waals surface area (Å²) in [4.78, 5) is 2.33. The van der Waals surface area contributed by atoms with Gasteiger partial charge in [-0.1, -0.05) is 11.6 Å². The first-order chi connectivity index (χ1) is 7.22. The van der Waals surface area contributed by atoms with Crippen molar-refractivity contribution < 1.29 is 5.11 Å². The van der Waals surface area contributed by atoms with Gasteiger partial charge in [0.2, 0.25) is 0 Å². The summed E-state index contributed by atoms with van der Waals surface area (Å²) in [7, 11) is 0. The van der Waals surface area contributed by atoms with Crippen LogP contribution >= 0.6 is 11.6 Å². The van der Waals surface area contributed by atoms with E-state index < -0.39 is 0 Å². The fraction of sp³-hybridized carbons (Fsp3) is 0.500. The summed E-state index contributed by atoms with van der Waals surface area (Å²) >= 11 is 5.85. The van der Waals surface area contributed by atoms with E-state index in [9.17, 15) is 5.11 Å². The molecule has 0 aliphatic carbocycles. The van der Waals surface area contributed by atoms with Crippen molar-refractivity contribution in [1.82, 2.24) is 0 Å². The van der Waals surface area contributed by atoms with Gasteiger partial charge in [0.15, 0.2) is 0 Å². The van der Waals surface area contributed by atoms with Gasteiger partial charge >= 0.3 is 0 Å². The van der Waals surface area contributed by atoms with Crippen LogP contribution < -0.4 is 4.90 Å². The average molecular weight is 226 g/mol. The van der Waals surface area contributed by atoms with Crippen molar-refractivity contribution in [3.63, 3.8) is 0 Å². The van der Waals surface area contributed by atoms with Crippen LogP contribution in [0.25, 0.3) is 0 Å². The number of halogens is 1. The summed E-state index contributed by atoms with van der Waals surface area (Å²) in [5.74, 6) is 0.403. The van der Waals surface area contributed by atoms with Gasteiger partial charge in [0.05, 0.1) is 0 Å². The highest BCUT2D eigenvalue weighted by atomic mass is 35.5. The number of benzene rings is 1. The Morgan fingerprint density at radius 1 is 1.40 bits per heavy atom. The van der Waals surface area contributed by atoms with Crippen LogP contribution in [0.4, 0.5) is 5.69 Å². The topological polar surface area (TPSA) is 23.5 Å². The van der Waals surface area contributed by atoms with Crippen LogP contribution in [-0.2, 0) is 0 Å². The number of hydrogen-bond donors (Lipinski definition) is 1. The molecule has 1 saturated heterocycles. The fourth-order valence-corrected chi connectivity index (χ4v) is 2.37.